The lowest BCUT2D eigenvalue weighted by molar-refractivity contribution is -0.113. The van der Waals surface area contributed by atoms with Crippen LogP contribution >= 0.6 is 46.3 Å². The lowest BCUT2D eigenvalue weighted by Gasteiger charge is -2.14. The van der Waals surface area contributed by atoms with Gasteiger partial charge in [-0.25, -0.2) is 4.98 Å². The molecule has 1 aromatic carbocycles. The number of benzene rings is 1. The van der Waals surface area contributed by atoms with Crippen molar-refractivity contribution in [3.05, 3.63) is 50.0 Å². The Kier molecular flexibility index (Phi) is 6.47. The molecule has 0 bridgehead atoms. The molecule has 0 fully saturated rings. The van der Waals surface area contributed by atoms with E-state index in [-0.39, 0.29) is 23.1 Å². The van der Waals surface area contributed by atoms with E-state index in [1.165, 1.54) is 23.1 Å². The molecule has 27 heavy (non-hydrogen) atoms. The van der Waals surface area contributed by atoms with Crippen LogP contribution in [0, 0.1) is 5.92 Å². The summed E-state index contributed by atoms with van der Waals surface area (Å²) in [6.45, 7) is 4.62. The van der Waals surface area contributed by atoms with Crippen molar-refractivity contribution in [3.8, 4) is 0 Å². The second kappa shape index (κ2) is 8.65. The number of halogens is 2. The molecule has 5 nitrogen and oxygen atoms in total. The third-order valence-corrected chi connectivity index (χ3v) is 5.86. The fourth-order valence-electron chi connectivity index (χ4n) is 2.51. The van der Waals surface area contributed by atoms with E-state index in [2.05, 4.69) is 10.3 Å². The summed E-state index contributed by atoms with van der Waals surface area (Å²) in [5.74, 6) is 0.169. The van der Waals surface area contributed by atoms with Gasteiger partial charge in [0.25, 0.3) is 5.56 Å². The van der Waals surface area contributed by atoms with Crippen LogP contribution in [0.4, 0.5) is 5.69 Å². The number of hydrogen-bond donors (Lipinski definition) is 1. The topological polar surface area (TPSA) is 64.0 Å². The van der Waals surface area contributed by atoms with Crippen LogP contribution in [0.15, 0.2) is 39.6 Å². The fraction of sp³-hybridized carbons (Fsp3) is 0.278. The predicted molar refractivity (Wildman–Crippen MR) is 115 cm³/mol. The van der Waals surface area contributed by atoms with E-state index in [1.807, 2.05) is 25.3 Å². The number of thioether (sulfide) groups is 1. The zero-order valence-corrected chi connectivity index (χ0v) is 17.8. The lowest BCUT2D eigenvalue weighted by atomic mass is 10.2. The number of hydrogen-bond acceptors (Lipinski definition) is 5. The highest BCUT2D eigenvalue weighted by Crippen LogP contribution is 2.24. The van der Waals surface area contributed by atoms with Gasteiger partial charge in [0, 0.05) is 22.3 Å². The first-order valence-electron chi connectivity index (χ1n) is 8.20. The SMILES string of the molecule is CC(C)Cn1c(SCC(=O)Nc2cc(Cl)cc(Cl)c2)nc2ccsc2c1=O. The van der Waals surface area contributed by atoms with Crippen LogP contribution in [0.5, 0.6) is 0 Å². The summed E-state index contributed by atoms with van der Waals surface area (Å²) in [5.41, 5.74) is 1.13. The van der Waals surface area contributed by atoms with Gasteiger partial charge in [0.1, 0.15) is 4.70 Å². The molecular formula is C18H17Cl2N3O2S2. The minimum Gasteiger partial charge on any atom is -0.325 e. The third-order valence-electron chi connectivity index (χ3n) is 3.56. The molecule has 0 saturated carbocycles. The number of fused-ring (bicyclic) bond motifs is 1. The Morgan fingerprint density at radius 3 is 2.67 bits per heavy atom. The van der Waals surface area contributed by atoms with Gasteiger partial charge in [0.15, 0.2) is 5.16 Å². The molecule has 0 aliphatic heterocycles. The van der Waals surface area contributed by atoms with E-state index in [9.17, 15) is 9.59 Å². The third kappa shape index (κ3) is 5.04. The number of amides is 1. The van der Waals surface area contributed by atoms with E-state index in [4.69, 9.17) is 23.2 Å². The number of thiophene rings is 1. The van der Waals surface area contributed by atoms with Crippen molar-refractivity contribution in [2.75, 3.05) is 11.1 Å². The lowest BCUT2D eigenvalue weighted by Crippen LogP contribution is -2.25. The Bertz CT molecular complexity index is 1030. The van der Waals surface area contributed by atoms with Crippen molar-refractivity contribution >= 4 is 68.1 Å². The standard InChI is InChI=1S/C18H17Cl2N3O2S2/c1-10(2)8-23-17(25)16-14(3-4-26-16)22-18(23)27-9-15(24)21-13-6-11(19)5-12(20)7-13/h3-7,10H,8-9H2,1-2H3,(H,21,24). The monoisotopic (exact) mass is 441 g/mol. The summed E-state index contributed by atoms with van der Waals surface area (Å²) in [5, 5.41) is 6.04. The molecule has 0 spiro atoms. The van der Waals surface area contributed by atoms with Crippen molar-refractivity contribution < 1.29 is 4.79 Å². The molecule has 0 radical (unpaired) electrons. The Labute approximate surface area is 174 Å². The van der Waals surface area contributed by atoms with Gasteiger partial charge >= 0.3 is 0 Å². The largest absolute Gasteiger partial charge is 0.325 e. The summed E-state index contributed by atoms with van der Waals surface area (Å²) in [6, 6.07) is 6.66. The van der Waals surface area contributed by atoms with Gasteiger partial charge in [0.2, 0.25) is 5.91 Å². The van der Waals surface area contributed by atoms with Crippen molar-refractivity contribution in [3.63, 3.8) is 0 Å². The average Bonchev–Trinajstić information content (AvgIpc) is 3.03. The molecule has 2 aromatic heterocycles. The Balaban J connectivity index is 1.79. The number of rotatable bonds is 6. The summed E-state index contributed by atoms with van der Waals surface area (Å²) in [6.07, 6.45) is 0. The maximum atomic E-state index is 12.7. The molecule has 0 atom stereocenters. The zero-order chi connectivity index (χ0) is 19.6. The number of nitrogens with one attached hydrogen (secondary N) is 1. The van der Waals surface area contributed by atoms with E-state index in [1.54, 1.807) is 22.8 Å². The highest BCUT2D eigenvalue weighted by Gasteiger charge is 2.15. The number of carbonyl (C=O) groups is 1. The van der Waals surface area contributed by atoms with Crippen LogP contribution in [0.3, 0.4) is 0 Å². The first-order valence-corrected chi connectivity index (χ1v) is 10.8. The van der Waals surface area contributed by atoms with E-state index in [0.717, 1.165) is 0 Å². The molecule has 1 N–H and O–H groups in total. The van der Waals surface area contributed by atoms with Gasteiger partial charge in [-0.15, -0.1) is 11.3 Å². The van der Waals surface area contributed by atoms with Gasteiger partial charge in [-0.2, -0.15) is 0 Å². The highest BCUT2D eigenvalue weighted by atomic mass is 35.5. The Morgan fingerprint density at radius 1 is 1.30 bits per heavy atom. The number of aromatic nitrogens is 2. The molecule has 2 heterocycles. The maximum absolute atomic E-state index is 12.7. The van der Waals surface area contributed by atoms with Crippen LogP contribution in [-0.2, 0) is 11.3 Å². The molecule has 3 rings (SSSR count). The quantitative estimate of drug-likeness (QED) is 0.424. The van der Waals surface area contributed by atoms with Crippen molar-refractivity contribution in [1.29, 1.82) is 0 Å². The first kappa shape index (κ1) is 20.2. The van der Waals surface area contributed by atoms with Crippen LogP contribution in [0.2, 0.25) is 10.0 Å². The van der Waals surface area contributed by atoms with Crippen LogP contribution in [0.1, 0.15) is 13.8 Å². The molecule has 0 saturated heterocycles. The van der Waals surface area contributed by atoms with Gasteiger partial charge < -0.3 is 5.32 Å². The zero-order valence-electron chi connectivity index (χ0n) is 14.7. The van der Waals surface area contributed by atoms with Gasteiger partial charge in [-0.1, -0.05) is 48.8 Å². The number of anilines is 1. The van der Waals surface area contributed by atoms with Crippen molar-refractivity contribution in [1.82, 2.24) is 9.55 Å². The van der Waals surface area contributed by atoms with Crippen LogP contribution in [-0.4, -0.2) is 21.2 Å². The van der Waals surface area contributed by atoms with Gasteiger partial charge in [-0.3, -0.25) is 14.2 Å². The molecule has 142 valence electrons. The molecule has 0 unspecified atom stereocenters. The molecule has 3 aromatic rings. The first-order chi connectivity index (χ1) is 12.8. The normalized spacial score (nSPS) is 11.3. The Morgan fingerprint density at radius 2 is 2.00 bits per heavy atom. The predicted octanol–water partition coefficient (Wildman–Crippen LogP) is 5.15. The van der Waals surface area contributed by atoms with Gasteiger partial charge in [0.05, 0.1) is 11.3 Å². The second-order valence-electron chi connectivity index (χ2n) is 6.33. The number of nitrogens with zero attached hydrogens (tertiary/aromatic N) is 2. The number of carbonyl (C=O) groups excluding carboxylic acids is 1. The average molecular weight is 442 g/mol. The molecule has 0 aliphatic rings. The molecule has 1 amide bonds. The minimum atomic E-state index is -0.228. The fourth-order valence-corrected chi connectivity index (χ4v) is 4.63. The highest BCUT2D eigenvalue weighted by molar-refractivity contribution is 7.99. The molecule has 0 aliphatic carbocycles. The molecule has 9 heteroatoms. The maximum Gasteiger partial charge on any atom is 0.272 e. The van der Waals surface area contributed by atoms with Crippen molar-refractivity contribution in [2.45, 2.75) is 25.5 Å². The Hall–Kier alpha value is -1.54. The van der Waals surface area contributed by atoms with E-state index >= 15 is 0 Å². The van der Waals surface area contributed by atoms with Gasteiger partial charge in [-0.05, 0) is 35.6 Å². The summed E-state index contributed by atoms with van der Waals surface area (Å²) in [7, 11) is 0. The summed E-state index contributed by atoms with van der Waals surface area (Å²) < 4.78 is 2.29. The minimum absolute atomic E-state index is 0.0618. The van der Waals surface area contributed by atoms with E-state index < -0.39 is 0 Å². The van der Waals surface area contributed by atoms with Crippen LogP contribution in [0.25, 0.3) is 10.2 Å². The second-order valence-corrected chi connectivity index (χ2v) is 9.07. The summed E-state index contributed by atoms with van der Waals surface area (Å²) >= 11 is 14.5. The summed E-state index contributed by atoms with van der Waals surface area (Å²) in [4.78, 5) is 29.6. The smallest absolute Gasteiger partial charge is 0.272 e. The molecular weight excluding hydrogens is 425 g/mol. The van der Waals surface area contributed by atoms with Crippen LogP contribution < -0.4 is 10.9 Å². The van der Waals surface area contributed by atoms with E-state index in [0.29, 0.717) is 37.7 Å². The van der Waals surface area contributed by atoms with Crippen molar-refractivity contribution in [2.24, 2.45) is 5.92 Å².